The molecule has 1 aromatic heterocycles. The van der Waals surface area contributed by atoms with Crippen LogP contribution in [0.15, 0.2) is 12.4 Å². The molecular formula is C14H23N3O. The fourth-order valence-electron chi connectivity index (χ4n) is 2.40. The van der Waals surface area contributed by atoms with E-state index < -0.39 is 0 Å². The molecule has 18 heavy (non-hydrogen) atoms. The zero-order valence-electron chi connectivity index (χ0n) is 11.4. The smallest absolute Gasteiger partial charge is 0.232 e. The molecule has 1 fully saturated rings. The van der Waals surface area contributed by atoms with Crippen molar-refractivity contribution < 1.29 is 4.74 Å². The number of hydrogen-bond donors (Lipinski definition) is 1. The molecule has 2 unspecified atom stereocenters. The Hall–Kier alpha value is -1.16. The molecule has 2 atom stereocenters. The van der Waals surface area contributed by atoms with Crippen LogP contribution in [-0.4, -0.2) is 22.6 Å². The second-order valence-electron chi connectivity index (χ2n) is 5.14. The molecule has 0 amide bonds. The van der Waals surface area contributed by atoms with Gasteiger partial charge in [-0.05, 0) is 31.7 Å². The summed E-state index contributed by atoms with van der Waals surface area (Å²) in [6.45, 7) is 6.08. The first-order valence-electron chi connectivity index (χ1n) is 6.96. The number of nitrogens with one attached hydrogen (secondary N) is 1. The Kier molecular flexibility index (Phi) is 4.93. The summed E-state index contributed by atoms with van der Waals surface area (Å²) in [6, 6.07) is 0. The molecule has 2 rings (SSSR count). The minimum Gasteiger partial charge on any atom is -0.473 e. The molecule has 0 bridgehead atoms. The molecule has 4 nitrogen and oxygen atoms in total. The van der Waals surface area contributed by atoms with Gasteiger partial charge in [0.1, 0.15) is 6.10 Å². The van der Waals surface area contributed by atoms with E-state index in [4.69, 9.17) is 4.74 Å². The van der Waals surface area contributed by atoms with Crippen molar-refractivity contribution in [2.75, 3.05) is 6.54 Å². The van der Waals surface area contributed by atoms with Gasteiger partial charge >= 0.3 is 0 Å². The van der Waals surface area contributed by atoms with Gasteiger partial charge in [0.2, 0.25) is 5.88 Å². The predicted molar refractivity (Wildman–Crippen MR) is 71.5 cm³/mol. The highest BCUT2D eigenvalue weighted by Crippen LogP contribution is 2.26. The van der Waals surface area contributed by atoms with Gasteiger partial charge in [-0.1, -0.05) is 20.3 Å². The second-order valence-corrected chi connectivity index (χ2v) is 5.14. The summed E-state index contributed by atoms with van der Waals surface area (Å²) in [7, 11) is 0. The molecule has 1 saturated carbocycles. The first-order valence-corrected chi connectivity index (χ1v) is 6.96. The number of aromatic nitrogens is 2. The van der Waals surface area contributed by atoms with Crippen molar-refractivity contribution in [1.29, 1.82) is 0 Å². The normalized spacial score (nSPS) is 23.9. The number of ether oxygens (including phenoxy) is 1. The van der Waals surface area contributed by atoms with Gasteiger partial charge in [0, 0.05) is 6.54 Å². The van der Waals surface area contributed by atoms with E-state index in [1.807, 2.05) is 0 Å². The summed E-state index contributed by atoms with van der Waals surface area (Å²) in [5, 5.41) is 3.23. The average molecular weight is 249 g/mol. The SMILES string of the molecule is CCNCc1cnc(OC2CCCC(C)C2)cn1. The van der Waals surface area contributed by atoms with Gasteiger partial charge in [0.05, 0.1) is 18.1 Å². The Bertz CT molecular complexity index is 353. The summed E-state index contributed by atoms with van der Waals surface area (Å²) >= 11 is 0. The van der Waals surface area contributed by atoms with E-state index in [1.54, 1.807) is 12.4 Å². The zero-order valence-corrected chi connectivity index (χ0v) is 11.4. The van der Waals surface area contributed by atoms with Crippen LogP contribution in [0.5, 0.6) is 5.88 Å². The molecule has 1 heterocycles. The molecule has 1 aliphatic rings. The van der Waals surface area contributed by atoms with Crippen molar-refractivity contribution >= 4 is 0 Å². The molecule has 0 spiro atoms. The highest BCUT2D eigenvalue weighted by Gasteiger charge is 2.20. The molecule has 1 aliphatic carbocycles. The molecule has 0 radical (unpaired) electrons. The molecule has 0 saturated heterocycles. The first kappa shape index (κ1) is 13.3. The minimum absolute atomic E-state index is 0.322. The van der Waals surface area contributed by atoms with E-state index in [9.17, 15) is 0 Å². The Morgan fingerprint density at radius 2 is 2.22 bits per heavy atom. The van der Waals surface area contributed by atoms with Crippen molar-refractivity contribution in [2.45, 2.75) is 52.2 Å². The third kappa shape index (κ3) is 3.95. The van der Waals surface area contributed by atoms with Gasteiger partial charge in [0.25, 0.3) is 0 Å². The lowest BCUT2D eigenvalue weighted by atomic mass is 9.89. The number of hydrogen-bond acceptors (Lipinski definition) is 4. The van der Waals surface area contributed by atoms with Gasteiger partial charge < -0.3 is 10.1 Å². The fraction of sp³-hybridized carbons (Fsp3) is 0.714. The van der Waals surface area contributed by atoms with Crippen molar-refractivity contribution in [3.05, 3.63) is 18.1 Å². The monoisotopic (exact) mass is 249 g/mol. The number of rotatable bonds is 5. The van der Waals surface area contributed by atoms with Gasteiger partial charge in [0.15, 0.2) is 0 Å². The molecule has 0 aromatic carbocycles. The lowest BCUT2D eigenvalue weighted by Crippen LogP contribution is -2.24. The summed E-state index contributed by atoms with van der Waals surface area (Å²) < 4.78 is 5.89. The van der Waals surface area contributed by atoms with Crippen LogP contribution in [0.4, 0.5) is 0 Å². The topological polar surface area (TPSA) is 47.0 Å². The Labute approximate surface area is 109 Å². The van der Waals surface area contributed by atoms with Gasteiger partial charge in [-0.2, -0.15) is 0 Å². The standard InChI is InChI=1S/C14H23N3O/c1-3-15-8-12-9-17-14(10-16-12)18-13-6-4-5-11(2)7-13/h9-11,13,15H,3-8H2,1-2H3. The van der Waals surface area contributed by atoms with Gasteiger partial charge in [-0.25, -0.2) is 4.98 Å². The van der Waals surface area contributed by atoms with E-state index in [2.05, 4.69) is 29.1 Å². The predicted octanol–water partition coefficient (Wildman–Crippen LogP) is 2.54. The second kappa shape index (κ2) is 6.69. The molecular weight excluding hydrogens is 226 g/mol. The Balaban J connectivity index is 1.85. The minimum atomic E-state index is 0.322. The lowest BCUT2D eigenvalue weighted by molar-refractivity contribution is 0.123. The van der Waals surface area contributed by atoms with Crippen LogP contribution >= 0.6 is 0 Å². The maximum Gasteiger partial charge on any atom is 0.232 e. The molecule has 1 N–H and O–H groups in total. The summed E-state index contributed by atoms with van der Waals surface area (Å²) in [5.41, 5.74) is 0.959. The van der Waals surface area contributed by atoms with Gasteiger partial charge in [-0.3, -0.25) is 4.98 Å². The van der Waals surface area contributed by atoms with Gasteiger partial charge in [-0.15, -0.1) is 0 Å². The molecule has 1 aromatic rings. The summed E-state index contributed by atoms with van der Waals surface area (Å²) in [6.07, 6.45) is 8.73. The van der Waals surface area contributed by atoms with Crippen LogP contribution in [0.2, 0.25) is 0 Å². The summed E-state index contributed by atoms with van der Waals surface area (Å²) in [4.78, 5) is 8.68. The van der Waals surface area contributed by atoms with Crippen molar-refractivity contribution in [2.24, 2.45) is 5.92 Å². The van der Waals surface area contributed by atoms with Crippen LogP contribution in [0, 0.1) is 5.92 Å². The fourth-order valence-corrected chi connectivity index (χ4v) is 2.40. The quantitative estimate of drug-likeness (QED) is 0.871. The van der Waals surface area contributed by atoms with E-state index >= 15 is 0 Å². The highest BCUT2D eigenvalue weighted by molar-refractivity contribution is 5.07. The largest absolute Gasteiger partial charge is 0.473 e. The first-order chi connectivity index (χ1) is 8.78. The van der Waals surface area contributed by atoms with E-state index in [1.165, 1.54) is 12.8 Å². The van der Waals surface area contributed by atoms with Crippen LogP contribution in [0.3, 0.4) is 0 Å². The lowest BCUT2D eigenvalue weighted by Gasteiger charge is -2.26. The van der Waals surface area contributed by atoms with Crippen molar-refractivity contribution in [3.8, 4) is 5.88 Å². The zero-order chi connectivity index (χ0) is 12.8. The summed E-state index contributed by atoms with van der Waals surface area (Å²) in [5.74, 6) is 1.43. The van der Waals surface area contributed by atoms with Crippen LogP contribution in [0.1, 0.15) is 45.2 Å². The van der Waals surface area contributed by atoms with Crippen LogP contribution < -0.4 is 10.1 Å². The average Bonchev–Trinajstić information content (AvgIpc) is 2.38. The molecule has 100 valence electrons. The van der Waals surface area contributed by atoms with E-state index in [0.29, 0.717) is 12.0 Å². The maximum absolute atomic E-state index is 5.89. The Morgan fingerprint density at radius 1 is 1.33 bits per heavy atom. The third-order valence-electron chi connectivity index (χ3n) is 3.41. The molecule has 4 heteroatoms. The maximum atomic E-state index is 5.89. The van der Waals surface area contributed by atoms with Crippen LogP contribution in [-0.2, 0) is 6.54 Å². The van der Waals surface area contributed by atoms with Crippen molar-refractivity contribution in [3.63, 3.8) is 0 Å². The van der Waals surface area contributed by atoms with Crippen LogP contribution in [0.25, 0.3) is 0 Å². The van der Waals surface area contributed by atoms with E-state index in [-0.39, 0.29) is 0 Å². The molecule has 0 aliphatic heterocycles. The van der Waals surface area contributed by atoms with Crippen molar-refractivity contribution in [1.82, 2.24) is 15.3 Å². The highest BCUT2D eigenvalue weighted by atomic mass is 16.5. The number of nitrogens with zero attached hydrogens (tertiary/aromatic N) is 2. The van der Waals surface area contributed by atoms with E-state index in [0.717, 1.165) is 37.5 Å². The third-order valence-corrected chi connectivity index (χ3v) is 3.41. The Morgan fingerprint density at radius 3 is 2.89 bits per heavy atom.